The highest BCUT2D eigenvalue weighted by Gasteiger charge is 2.25. The van der Waals surface area contributed by atoms with Crippen molar-refractivity contribution in [1.82, 2.24) is 0 Å². The molecule has 0 bridgehead atoms. The Morgan fingerprint density at radius 3 is 0.640 bits per heavy atom. The molecule has 6 aromatic rings. The maximum absolute atomic E-state index is 2.51. The van der Waals surface area contributed by atoms with Crippen LogP contribution in [-0.2, 0) is 0 Å². The highest BCUT2D eigenvalue weighted by atomic mass is 127. The number of hydrogen-bond acceptors (Lipinski definition) is 0. The third-order valence-corrected chi connectivity index (χ3v) is 9.70. The first kappa shape index (κ1) is 17.0. The minimum Gasteiger partial charge on any atom is -0.0436 e. The van der Waals surface area contributed by atoms with E-state index in [4.69, 9.17) is 0 Å². The average molecular weight is 880 g/mol. The van der Waals surface area contributed by atoms with E-state index in [1.54, 1.807) is 0 Å². The van der Waals surface area contributed by atoms with Crippen molar-refractivity contribution in [2.24, 2.45) is 0 Å². The Morgan fingerprint density at radius 2 is 0.480 bits per heavy atom. The van der Waals surface area contributed by atoms with E-state index in [0.717, 1.165) is 0 Å². The minimum atomic E-state index is 1.35. The molecule has 120 valence electrons. The Kier molecular flexibility index (Phi) is 3.77. The molecule has 0 aliphatic heterocycles. The topological polar surface area (TPSA) is 0 Å². The van der Waals surface area contributed by atoms with Gasteiger partial charge in [0.15, 0.2) is 0 Å². The quantitative estimate of drug-likeness (QED) is 0.106. The Labute approximate surface area is 211 Å². The largest absolute Gasteiger partial charge is 0.0436 e. The molecule has 0 saturated carbocycles. The first-order valence-electron chi connectivity index (χ1n) is 7.58. The molecule has 0 atom stereocenters. The minimum absolute atomic E-state index is 1.35. The second-order valence-electron chi connectivity index (χ2n) is 6.40. The molecule has 0 radical (unpaired) electrons. The fourth-order valence-corrected chi connectivity index (χ4v) is 7.98. The second-order valence-corrected chi connectivity index (χ2v) is 12.2. The van der Waals surface area contributed by atoms with Gasteiger partial charge in [0.05, 0.1) is 0 Å². The lowest BCUT2D eigenvalue weighted by Gasteiger charge is -2.10. The highest BCUT2D eigenvalue weighted by Crippen LogP contribution is 2.52. The van der Waals surface area contributed by atoms with Crippen LogP contribution in [0.1, 0.15) is 0 Å². The zero-order chi connectivity index (χ0) is 17.2. The average Bonchev–Trinajstić information content (AvgIpc) is 2.92. The molecule has 0 unspecified atom stereocenters. The van der Waals surface area contributed by atoms with Crippen molar-refractivity contribution in [2.75, 3.05) is 0 Å². The zero-order valence-corrected chi connectivity index (χ0v) is 23.1. The van der Waals surface area contributed by atoms with E-state index in [1.807, 2.05) is 0 Å². The fourth-order valence-electron chi connectivity index (χ4n) is 4.30. The molecule has 25 heavy (non-hydrogen) atoms. The van der Waals surface area contributed by atoms with Gasteiger partial charge in [-0.05, 0) is 197 Å². The van der Waals surface area contributed by atoms with Gasteiger partial charge in [-0.3, -0.25) is 0 Å². The van der Waals surface area contributed by atoms with E-state index < -0.39 is 0 Å². The predicted molar refractivity (Wildman–Crippen MR) is 151 cm³/mol. The van der Waals surface area contributed by atoms with E-state index in [2.05, 4.69) is 143 Å². The summed E-state index contributed by atoms with van der Waals surface area (Å²) in [6.07, 6.45) is 0. The first-order chi connectivity index (χ1) is 12.0. The van der Waals surface area contributed by atoms with Crippen molar-refractivity contribution in [3.8, 4) is 0 Å². The molecular weight excluding hydrogens is 875 g/mol. The molecule has 0 fully saturated rings. The van der Waals surface area contributed by atoms with Gasteiger partial charge in [0, 0.05) is 17.9 Å². The van der Waals surface area contributed by atoms with Gasteiger partial charge in [-0.15, -0.1) is 0 Å². The van der Waals surface area contributed by atoms with Crippen molar-refractivity contribution < 1.29 is 0 Å². The molecule has 0 amide bonds. The Hall–Kier alpha value is 1.05. The fraction of sp³-hybridized carbons (Fsp3) is 0. The highest BCUT2D eigenvalue weighted by molar-refractivity contribution is 14.1. The normalized spacial score (nSPS) is 13.0. The Morgan fingerprint density at radius 1 is 0.320 bits per heavy atom. The third-order valence-electron chi connectivity index (χ3n) is 5.24. The lowest BCUT2D eigenvalue weighted by atomic mass is 10.00. The molecule has 0 nitrogen and oxygen atoms in total. The van der Waals surface area contributed by atoms with E-state index in [-0.39, 0.29) is 0 Å². The molecule has 0 aliphatic carbocycles. The Bertz CT molecular complexity index is 1190. The summed E-state index contributed by atoms with van der Waals surface area (Å²) in [5.74, 6) is 0. The van der Waals surface area contributed by atoms with Crippen LogP contribution in [0.25, 0.3) is 53.9 Å². The maximum Gasteiger partial charge on any atom is 0.0216 e. The summed E-state index contributed by atoms with van der Waals surface area (Å²) in [5, 5.41) is 14.4. The van der Waals surface area contributed by atoms with E-state index in [0.29, 0.717) is 0 Å². The third kappa shape index (κ3) is 2.03. The summed E-state index contributed by atoms with van der Waals surface area (Å²) in [6, 6.07) is 11.9. The molecule has 0 heterocycles. The van der Waals surface area contributed by atoms with Gasteiger partial charge in [-0.1, -0.05) is 0 Å². The summed E-state index contributed by atoms with van der Waals surface area (Å²) >= 11 is 12.6. The van der Waals surface area contributed by atoms with Crippen LogP contribution >= 0.6 is 113 Å². The van der Waals surface area contributed by atoms with Crippen molar-refractivity contribution in [3.05, 3.63) is 48.2 Å². The summed E-state index contributed by atoms with van der Waals surface area (Å²) in [6.45, 7) is 0. The molecule has 5 heteroatoms. The first-order valence-corrected chi connectivity index (χ1v) is 13.0. The van der Waals surface area contributed by atoms with Gasteiger partial charge in [0.2, 0.25) is 0 Å². The molecular formula is C20H5I5. The van der Waals surface area contributed by atoms with Crippen molar-refractivity contribution in [2.45, 2.75) is 0 Å². The van der Waals surface area contributed by atoms with Gasteiger partial charge in [0.1, 0.15) is 0 Å². The van der Waals surface area contributed by atoms with Crippen LogP contribution < -0.4 is 0 Å². The maximum atomic E-state index is 2.51. The molecule has 0 aliphatic rings. The van der Waals surface area contributed by atoms with E-state index in [1.165, 1.54) is 71.7 Å². The van der Waals surface area contributed by atoms with Crippen LogP contribution in [0, 0.1) is 17.9 Å². The van der Waals surface area contributed by atoms with E-state index in [9.17, 15) is 0 Å². The zero-order valence-electron chi connectivity index (χ0n) is 12.3. The molecule has 6 aromatic carbocycles. The van der Waals surface area contributed by atoms with Crippen molar-refractivity contribution in [1.29, 1.82) is 0 Å². The summed E-state index contributed by atoms with van der Waals surface area (Å²) in [5.41, 5.74) is 0. The second kappa shape index (κ2) is 5.56. The molecule has 6 rings (SSSR count). The van der Waals surface area contributed by atoms with Crippen LogP contribution in [0.3, 0.4) is 0 Å². The van der Waals surface area contributed by atoms with Crippen molar-refractivity contribution >= 4 is 167 Å². The molecule has 0 N–H and O–H groups in total. The predicted octanol–water partition coefficient (Wildman–Crippen LogP) is 8.79. The van der Waals surface area contributed by atoms with E-state index >= 15 is 0 Å². The number of hydrogen-bond donors (Lipinski definition) is 0. The van der Waals surface area contributed by atoms with Gasteiger partial charge >= 0.3 is 0 Å². The summed E-state index contributed by atoms with van der Waals surface area (Å²) in [4.78, 5) is 0. The van der Waals surface area contributed by atoms with Gasteiger partial charge in [-0.2, -0.15) is 0 Å². The standard InChI is InChI=1S/C20H5I5/c21-11-1-6-12(22)3-8-14(24)5-10-15(25)4-9-13(23)2-7(11)17-16(6)18(8)20(10)19(9)17/h1-5H. The molecule has 0 saturated heterocycles. The van der Waals surface area contributed by atoms with Crippen LogP contribution in [0.5, 0.6) is 0 Å². The van der Waals surface area contributed by atoms with Gasteiger partial charge in [-0.25, -0.2) is 0 Å². The van der Waals surface area contributed by atoms with Crippen LogP contribution in [0.2, 0.25) is 0 Å². The van der Waals surface area contributed by atoms with Gasteiger partial charge < -0.3 is 0 Å². The lowest BCUT2D eigenvalue weighted by Crippen LogP contribution is -1.86. The van der Waals surface area contributed by atoms with Gasteiger partial charge in [0.25, 0.3) is 0 Å². The summed E-state index contributed by atoms with van der Waals surface area (Å²) < 4.78 is 6.77. The SMILES string of the molecule is Ic1cc2c(I)cc3c(I)cc4c(I)cc5c(I)cc1c1c5c4c3c21. The number of rotatable bonds is 0. The van der Waals surface area contributed by atoms with Crippen LogP contribution in [0.15, 0.2) is 30.3 Å². The summed E-state index contributed by atoms with van der Waals surface area (Å²) in [7, 11) is 0. The van der Waals surface area contributed by atoms with Crippen LogP contribution in [-0.4, -0.2) is 0 Å². The number of halogens is 5. The lowest BCUT2D eigenvalue weighted by molar-refractivity contribution is 1.76. The van der Waals surface area contributed by atoms with Crippen LogP contribution in [0.4, 0.5) is 0 Å². The Balaban J connectivity index is 2.21. The molecule has 0 aromatic heterocycles. The monoisotopic (exact) mass is 880 g/mol. The number of benzene rings is 5. The van der Waals surface area contributed by atoms with Crippen molar-refractivity contribution in [3.63, 3.8) is 0 Å². The smallest absolute Gasteiger partial charge is 0.0216 e. The molecule has 0 spiro atoms.